The molecule has 144 valence electrons. The summed E-state index contributed by atoms with van der Waals surface area (Å²) in [7, 11) is 0. The molecule has 3 aromatic rings. The highest BCUT2D eigenvalue weighted by Crippen LogP contribution is 2.28. The number of nitrogens with zero attached hydrogens (tertiary/aromatic N) is 2. The molecule has 0 saturated heterocycles. The van der Waals surface area contributed by atoms with Gasteiger partial charge in [0.05, 0.1) is 5.56 Å². The number of anilines is 1. The van der Waals surface area contributed by atoms with Gasteiger partial charge in [0.25, 0.3) is 5.89 Å². The highest BCUT2D eigenvalue weighted by atomic mass is 19.1. The van der Waals surface area contributed by atoms with Crippen LogP contribution in [0.25, 0.3) is 22.8 Å². The molecular formula is C21H21FN4O2. The number of nitrogens with one attached hydrogen (secondary N) is 2. The summed E-state index contributed by atoms with van der Waals surface area (Å²) in [5, 5.41) is 10.1. The second-order valence-corrected chi connectivity index (χ2v) is 7.17. The van der Waals surface area contributed by atoms with Crippen LogP contribution < -0.4 is 10.6 Å². The maximum atomic E-state index is 14.5. The summed E-state index contributed by atoms with van der Waals surface area (Å²) in [4.78, 5) is 16.1. The second-order valence-electron chi connectivity index (χ2n) is 7.17. The Hall–Kier alpha value is -3.06. The van der Waals surface area contributed by atoms with Crippen molar-refractivity contribution in [3.05, 3.63) is 53.3 Å². The smallest absolute Gasteiger partial charge is 0.261 e. The number of aromatic nitrogens is 2. The van der Waals surface area contributed by atoms with Gasteiger partial charge in [0, 0.05) is 23.7 Å². The molecule has 1 aliphatic heterocycles. The molecular weight excluding hydrogens is 359 g/mol. The van der Waals surface area contributed by atoms with Crippen molar-refractivity contribution in [1.82, 2.24) is 15.5 Å². The minimum atomic E-state index is -0.359. The van der Waals surface area contributed by atoms with E-state index in [1.165, 1.54) is 0 Å². The first-order chi connectivity index (χ1) is 13.5. The fourth-order valence-electron chi connectivity index (χ4n) is 3.11. The van der Waals surface area contributed by atoms with E-state index < -0.39 is 0 Å². The van der Waals surface area contributed by atoms with Crippen LogP contribution in [0, 0.1) is 11.7 Å². The third kappa shape index (κ3) is 3.66. The number of hydrogen-bond acceptors (Lipinski definition) is 5. The first-order valence-electron chi connectivity index (χ1n) is 9.28. The van der Waals surface area contributed by atoms with Crippen molar-refractivity contribution in [2.45, 2.75) is 26.8 Å². The summed E-state index contributed by atoms with van der Waals surface area (Å²) in [6.45, 7) is 5.22. The molecule has 0 bridgehead atoms. The normalized spacial score (nSPS) is 13.4. The van der Waals surface area contributed by atoms with Gasteiger partial charge in [-0.25, -0.2) is 4.39 Å². The van der Waals surface area contributed by atoms with Crippen LogP contribution in [0.1, 0.15) is 25.0 Å². The first kappa shape index (κ1) is 18.3. The lowest BCUT2D eigenvalue weighted by molar-refractivity contribution is -0.118. The van der Waals surface area contributed by atoms with Gasteiger partial charge in [0.15, 0.2) is 0 Å². The van der Waals surface area contributed by atoms with E-state index >= 15 is 0 Å². The molecule has 1 aliphatic rings. The van der Waals surface area contributed by atoms with E-state index in [-0.39, 0.29) is 23.5 Å². The SMILES string of the molecule is CC(C)C(=O)Nc1ccc(-c2noc(-c3cc4c(cc3F)CCNC4)n2)cc1. The van der Waals surface area contributed by atoms with Gasteiger partial charge < -0.3 is 15.2 Å². The summed E-state index contributed by atoms with van der Waals surface area (Å²) < 4.78 is 19.8. The van der Waals surface area contributed by atoms with Gasteiger partial charge in [-0.1, -0.05) is 19.0 Å². The molecule has 0 saturated carbocycles. The van der Waals surface area contributed by atoms with E-state index in [2.05, 4.69) is 20.8 Å². The van der Waals surface area contributed by atoms with Crippen molar-refractivity contribution in [2.24, 2.45) is 5.92 Å². The summed E-state index contributed by atoms with van der Waals surface area (Å²) in [5.41, 5.74) is 3.78. The highest BCUT2D eigenvalue weighted by Gasteiger charge is 2.19. The highest BCUT2D eigenvalue weighted by molar-refractivity contribution is 5.92. The molecule has 4 rings (SSSR count). The first-order valence-corrected chi connectivity index (χ1v) is 9.28. The zero-order valence-corrected chi connectivity index (χ0v) is 15.8. The Bertz CT molecular complexity index is 1010. The zero-order chi connectivity index (χ0) is 19.7. The van der Waals surface area contributed by atoms with E-state index in [1.807, 2.05) is 13.8 Å². The van der Waals surface area contributed by atoms with Crippen LogP contribution in [0.4, 0.5) is 10.1 Å². The van der Waals surface area contributed by atoms with Gasteiger partial charge in [-0.05, 0) is 60.5 Å². The number of fused-ring (bicyclic) bond motifs is 1. The largest absolute Gasteiger partial charge is 0.334 e. The Morgan fingerprint density at radius 3 is 2.75 bits per heavy atom. The van der Waals surface area contributed by atoms with E-state index in [9.17, 15) is 9.18 Å². The van der Waals surface area contributed by atoms with E-state index in [0.717, 1.165) is 29.7 Å². The lowest BCUT2D eigenvalue weighted by Gasteiger charge is -2.17. The van der Waals surface area contributed by atoms with Crippen LogP contribution in [-0.4, -0.2) is 22.6 Å². The van der Waals surface area contributed by atoms with E-state index in [0.29, 0.717) is 23.6 Å². The third-order valence-electron chi connectivity index (χ3n) is 4.77. The lowest BCUT2D eigenvalue weighted by atomic mass is 9.98. The molecule has 2 heterocycles. The van der Waals surface area contributed by atoms with Crippen LogP contribution in [0.3, 0.4) is 0 Å². The Labute approximate surface area is 162 Å². The number of carbonyl (C=O) groups is 1. The minimum Gasteiger partial charge on any atom is -0.334 e. The quantitative estimate of drug-likeness (QED) is 0.720. The lowest BCUT2D eigenvalue weighted by Crippen LogP contribution is -2.23. The zero-order valence-electron chi connectivity index (χ0n) is 15.8. The van der Waals surface area contributed by atoms with Crippen molar-refractivity contribution in [1.29, 1.82) is 0 Å². The number of halogens is 1. The fraction of sp³-hybridized carbons (Fsp3) is 0.286. The van der Waals surface area contributed by atoms with Gasteiger partial charge in [-0.15, -0.1) is 0 Å². The molecule has 2 aromatic carbocycles. The topological polar surface area (TPSA) is 80.0 Å². The number of benzene rings is 2. The van der Waals surface area contributed by atoms with Gasteiger partial charge in [-0.3, -0.25) is 4.79 Å². The number of amides is 1. The fourth-order valence-corrected chi connectivity index (χ4v) is 3.11. The van der Waals surface area contributed by atoms with Crippen molar-refractivity contribution in [3.8, 4) is 22.8 Å². The monoisotopic (exact) mass is 380 g/mol. The van der Waals surface area contributed by atoms with Crippen LogP contribution in [-0.2, 0) is 17.8 Å². The molecule has 0 spiro atoms. The Morgan fingerprint density at radius 1 is 1.21 bits per heavy atom. The maximum Gasteiger partial charge on any atom is 0.261 e. The van der Waals surface area contributed by atoms with Crippen molar-refractivity contribution in [3.63, 3.8) is 0 Å². The molecule has 1 amide bonds. The Kier molecular flexibility index (Phi) is 4.92. The molecule has 2 N–H and O–H groups in total. The van der Waals surface area contributed by atoms with Gasteiger partial charge in [0.1, 0.15) is 5.82 Å². The second kappa shape index (κ2) is 7.52. The van der Waals surface area contributed by atoms with Crippen molar-refractivity contribution in [2.75, 3.05) is 11.9 Å². The van der Waals surface area contributed by atoms with E-state index in [1.54, 1.807) is 36.4 Å². The molecule has 0 unspecified atom stereocenters. The van der Waals surface area contributed by atoms with Crippen LogP contribution in [0.5, 0.6) is 0 Å². The molecule has 6 nitrogen and oxygen atoms in total. The summed E-state index contributed by atoms with van der Waals surface area (Å²) >= 11 is 0. The Morgan fingerprint density at radius 2 is 2.00 bits per heavy atom. The maximum absolute atomic E-state index is 14.5. The minimum absolute atomic E-state index is 0.0491. The molecule has 1 aromatic heterocycles. The molecule has 7 heteroatoms. The summed E-state index contributed by atoms with van der Waals surface area (Å²) in [6.07, 6.45) is 0.807. The van der Waals surface area contributed by atoms with Gasteiger partial charge in [-0.2, -0.15) is 4.98 Å². The summed E-state index contributed by atoms with van der Waals surface area (Å²) in [5.74, 6) is 0.0146. The molecule has 0 atom stereocenters. The number of hydrogen-bond donors (Lipinski definition) is 2. The van der Waals surface area contributed by atoms with Crippen LogP contribution >= 0.6 is 0 Å². The van der Waals surface area contributed by atoms with Gasteiger partial charge >= 0.3 is 0 Å². The average molecular weight is 380 g/mol. The number of carbonyl (C=O) groups excluding carboxylic acids is 1. The van der Waals surface area contributed by atoms with Crippen LogP contribution in [0.15, 0.2) is 40.9 Å². The summed E-state index contributed by atoms with van der Waals surface area (Å²) in [6, 6.07) is 10.5. The van der Waals surface area contributed by atoms with Crippen LogP contribution in [0.2, 0.25) is 0 Å². The standard InChI is InChI=1S/C21H21FN4O2/c1-12(2)20(27)24-16-5-3-13(4-6-16)19-25-21(28-26-19)17-9-15-11-23-8-7-14(15)10-18(17)22/h3-6,9-10,12,23H,7-8,11H2,1-2H3,(H,24,27). The van der Waals surface area contributed by atoms with Gasteiger partial charge in [0.2, 0.25) is 11.7 Å². The third-order valence-corrected chi connectivity index (χ3v) is 4.77. The Balaban J connectivity index is 1.57. The van der Waals surface area contributed by atoms with Crippen molar-refractivity contribution >= 4 is 11.6 Å². The predicted molar refractivity (Wildman–Crippen MR) is 104 cm³/mol. The average Bonchev–Trinajstić information content (AvgIpc) is 3.18. The molecule has 0 fully saturated rings. The number of rotatable bonds is 4. The molecule has 28 heavy (non-hydrogen) atoms. The molecule has 0 radical (unpaired) electrons. The van der Waals surface area contributed by atoms with Crippen molar-refractivity contribution < 1.29 is 13.7 Å². The molecule has 0 aliphatic carbocycles. The van der Waals surface area contributed by atoms with E-state index in [4.69, 9.17) is 4.52 Å². The predicted octanol–water partition coefficient (Wildman–Crippen LogP) is 3.78.